The van der Waals surface area contributed by atoms with E-state index in [2.05, 4.69) is 103 Å². The number of ether oxygens (including phenoxy) is 1. The summed E-state index contributed by atoms with van der Waals surface area (Å²) in [5, 5.41) is 0. The molecule has 0 atom stereocenters. The van der Waals surface area contributed by atoms with E-state index in [4.69, 9.17) is 4.74 Å². The van der Waals surface area contributed by atoms with E-state index < -0.39 is 5.60 Å². The van der Waals surface area contributed by atoms with Gasteiger partial charge >= 0.3 is 5.97 Å². The van der Waals surface area contributed by atoms with Crippen LogP contribution in [0.15, 0.2) is 66.7 Å². The summed E-state index contributed by atoms with van der Waals surface area (Å²) in [4.78, 5) is 20.5. The molecule has 0 saturated carbocycles. The van der Waals surface area contributed by atoms with Gasteiger partial charge in [-0.2, -0.15) is 0 Å². The van der Waals surface area contributed by atoms with Crippen molar-refractivity contribution in [3.05, 3.63) is 89.0 Å². The molecule has 3 aromatic carbocycles. The lowest BCUT2D eigenvalue weighted by atomic mass is 9.79. The lowest BCUT2D eigenvalue weighted by Crippen LogP contribution is -2.30. The van der Waals surface area contributed by atoms with E-state index in [0.717, 1.165) is 61.6 Å². The first-order chi connectivity index (χ1) is 18.0. The van der Waals surface area contributed by atoms with E-state index in [1.54, 1.807) is 0 Å². The average molecular weight is 498 g/mol. The first-order valence-electron chi connectivity index (χ1n) is 13.9. The maximum absolute atomic E-state index is 13.5. The molecule has 0 radical (unpaired) electrons. The van der Waals surface area contributed by atoms with Crippen LogP contribution in [0.4, 0.5) is 17.1 Å². The van der Waals surface area contributed by atoms with Crippen LogP contribution >= 0.6 is 0 Å². The highest BCUT2D eigenvalue weighted by atomic mass is 16.6. The minimum atomic E-state index is -0.973. The molecule has 2 aliphatic heterocycles. The molecule has 0 amide bonds. The van der Waals surface area contributed by atoms with Crippen molar-refractivity contribution in [3.63, 3.8) is 0 Å². The quantitative estimate of drug-likeness (QED) is 0.318. The third kappa shape index (κ3) is 4.35. The van der Waals surface area contributed by atoms with Crippen molar-refractivity contribution < 1.29 is 9.53 Å². The standard InChI is InChI=1S/C32H39N3O2/c1-5-33(6-2)26-15-11-24(12-16-26)32(25-13-17-27(18-14-25)34(7-3)8-4)30-20-19-28(35-21-9-10-22-35)23-29(30)31(36)37-32/h11-20,23H,5-10,21-22H2,1-4H3. The van der Waals surface area contributed by atoms with Crippen LogP contribution in [0.1, 0.15) is 67.6 Å². The Hall–Kier alpha value is -3.47. The Bertz CT molecular complexity index is 1170. The molecule has 194 valence electrons. The van der Waals surface area contributed by atoms with Gasteiger partial charge in [-0.25, -0.2) is 4.79 Å². The second-order valence-corrected chi connectivity index (χ2v) is 9.93. The zero-order valence-electron chi connectivity index (χ0n) is 22.7. The second-order valence-electron chi connectivity index (χ2n) is 9.93. The van der Waals surface area contributed by atoms with Crippen LogP contribution in [0, 0.1) is 0 Å². The fourth-order valence-corrected chi connectivity index (χ4v) is 6.02. The molecule has 3 aromatic rings. The molecule has 0 bridgehead atoms. The lowest BCUT2D eigenvalue weighted by Gasteiger charge is -2.32. The van der Waals surface area contributed by atoms with Crippen LogP contribution in [0.5, 0.6) is 0 Å². The molecule has 5 rings (SSSR count). The van der Waals surface area contributed by atoms with E-state index in [0.29, 0.717) is 5.56 Å². The Kier molecular flexibility index (Phi) is 7.14. The Morgan fingerprint density at radius 2 is 1.22 bits per heavy atom. The van der Waals surface area contributed by atoms with Gasteiger partial charge < -0.3 is 19.4 Å². The van der Waals surface area contributed by atoms with Gasteiger partial charge in [0.1, 0.15) is 0 Å². The second kappa shape index (κ2) is 10.5. The van der Waals surface area contributed by atoms with E-state index in [9.17, 15) is 4.79 Å². The van der Waals surface area contributed by atoms with Crippen molar-refractivity contribution in [1.29, 1.82) is 0 Å². The smallest absolute Gasteiger partial charge is 0.340 e. The molecule has 1 saturated heterocycles. The van der Waals surface area contributed by atoms with Crippen LogP contribution in [0.3, 0.4) is 0 Å². The molecule has 2 heterocycles. The molecule has 2 aliphatic rings. The van der Waals surface area contributed by atoms with Gasteiger partial charge in [0.05, 0.1) is 5.56 Å². The lowest BCUT2D eigenvalue weighted by molar-refractivity contribution is 0.0251. The largest absolute Gasteiger partial charge is 0.441 e. The molecule has 5 heteroatoms. The zero-order valence-corrected chi connectivity index (χ0v) is 22.7. The number of hydrogen-bond acceptors (Lipinski definition) is 5. The number of cyclic esters (lactones) is 1. The van der Waals surface area contributed by atoms with Crippen molar-refractivity contribution in [1.82, 2.24) is 0 Å². The maximum Gasteiger partial charge on any atom is 0.340 e. The van der Waals surface area contributed by atoms with E-state index in [1.807, 2.05) is 6.07 Å². The van der Waals surface area contributed by atoms with Crippen molar-refractivity contribution >= 4 is 23.0 Å². The number of nitrogens with zero attached hydrogens (tertiary/aromatic N) is 3. The highest BCUT2D eigenvalue weighted by Crippen LogP contribution is 2.48. The van der Waals surface area contributed by atoms with Crippen molar-refractivity contribution in [2.75, 3.05) is 54.0 Å². The highest BCUT2D eigenvalue weighted by Gasteiger charge is 2.48. The van der Waals surface area contributed by atoms with Gasteiger partial charge in [-0.3, -0.25) is 0 Å². The van der Waals surface area contributed by atoms with Crippen molar-refractivity contribution in [2.24, 2.45) is 0 Å². The Balaban J connectivity index is 1.64. The van der Waals surface area contributed by atoms with Crippen LogP contribution in [-0.2, 0) is 10.3 Å². The number of benzene rings is 3. The van der Waals surface area contributed by atoms with E-state index in [1.165, 1.54) is 24.2 Å². The highest BCUT2D eigenvalue weighted by molar-refractivity contribution is 5.97. The average Bonchev–Trinajstić information content (AvgIpc) is 3.58. The summed E-state index contributed by atoms with van der Waals surface area (Å²) in [5.41, 5.74) is 6.03. The zero-order chi connectivity index (χ0) is 26.0. The number of esters is 1. The summed E-state index contributed by atoms with van der Waals surface area (Å²) in [6.07, 6.45) is 2.40. The van der Waals surface area contributed by atoms with Gasteiger partial charge in [0.2, 0.25) is 0 Å². The number of fused-ring (bicyclic) bond motifs is 1. The summed E-state index contributed by atoms with van der Waals surface area (Å²) in [6, 6.07) is 23.4. The first kappa shape index (κ1) is 25.2. The van der Waals surface area contributed by atoms with Gasteiger partial charge in [-0.15, -0.1) is 0 Å². The van der Waals surface area contributed by atoms with Gasteiger partial charge in [-0.05, 0) is 76.9 Å². The maximum atomic E-state index is 13.5. The molecule has 37 heavy (non-hydrogen) atoms. The number of carbonyl (C=O) groups excluding carboxylic acids is 1. The molecule has 1 fully saturated rings. The summed E-state index contributed by atoms with van der Waals surface area (Å²) >= 11 is 0. The molecule has 0 unspecified atom stereocenters. The molecular formula is C32H39N3O2. The van der Waals surface area contributed by atoms with Gasteiger partial charge in [0.25, 0.3) is 0 Å². The molecule has 0 aliphatic carbocycles. The monoisotopic (exact) mass is 497 g/mol. The first-order valence-corrected chi connectivity index (χ1v) is 13.9. The van der Waals surface area contributed by atoms with Crippen molar-refractivity contribution in [2.45, 2.75) is 46.1 Å². The minimum absolute atomic E-state index is 0.253. The van der Waals surface area contributed by atoms with E-state index >= 15 is 0 Å². The number of hydrogen-bond donors (Lipinski definition) is 0. The summed E-state index contributed by atoms with van der Waals surface area (Å²) < 4.78 is 6.43. The summed E-state index contributed by atoms with van der Waals surface area (Å²) in [5.74, 6) is -0.253. The van der Waals surface area contributed by atoms with Gasteiger partial charge in [-0.1, -0.05) is 30.3 Å². The summed E-state index contributed by atoms with van der Waals surface area (Å²) in [6.45, 7) is 14.6. The topological polar surface area (TPSA) is 36.0 Å². The predicted molar refractivity (Wildman–Crippen MR) is 153 cm³/mol. The van der Waals surface area contributed by atoms with Crippen LogP contribution in [-0.4, -0.2) is 45.2 Å². The minimum Gasteiger partial charge on any atom is -0.441 e. The Morgan fingerprint density at radius 1 is 0.730 bits per heavy atom. The number of carbonyl (C=O) groups is 1. The molecule has 0 N–H and O–H groups in total. The van der Waals surface area contributed by atoms with Crippen LogP contribution < -0.4 is 14.7 Å². The van der Waals surface area contributed by atoms with Gasteiger partial charge in [0, 0.05) is 73.0 Å². The predicted octanol–water partition coefficient (Wildman–Crippen LogP) is 6.44. The van der Waals surface area contributed by atoms with Crippen LogP contribution in [0.2, 0.25) is 0 Å². The third-order valence-corrected chi connectivity index (χ3v) is 8.12. The van der Waals surface area contributed by atoms with Crippen LogP contribution in [0.25, 0.3) is 0 Å². The normalized spacial score (nSPS) is 16.0. The number of anilines is 3. The summed E-state index contributed by atoms with van der Waals surface area (Å²) in [7, 11) is 0. The number of rotatable bonds is 9. The van der Waals surface area contributed by atoms with Crippen molar-refractivity contribution in [3.8, 4) is 0 Å². The fraction of sp³-hybridized carbons (Fsp3) is 0.406. The SMILES string of the molecule is CCN(CC)c1ccc(C2(c3ccc(N(CC)CC)cc3)OC(=O)c3cc(N4CCCC4)ccc32)cc1. The molecule has 0 spiro atoms. The van der Waals surface area contributed by atoms with Gasteiger partial charge in [0.15, 0.2) is 5.60 Å². The third-order valence-electron chi connectivity index (χ3n) is 8.12. The Morgan fingerprint density at radius 3 is 1.68 bits per heavy atom. The molecule has 5 nitrogen and oxygen atoms in total. The fourth-order valence-electron chi connectivity index (χ4n) is 6.02. The van der Waals surface area contributed by atoms with E-state index in [-0.39, 0.29) is 5.97 Å². The Labute approximate surface area is 221 Å². The molecular weight excluding hydrogens is 458 g/mol. The molecule has 0 aromatic heterocycles.